The van der Waals surface area contributed by atoms with Gasteiger partial charge in [0.15, 0.2) is 0 Å². The highest BCUT2D eigenvalue weighted by molar-refractivity contribution is 5.79. The predicted molar refractivity (Wildman–Crippen MR) is 89.7 cm³/mol. The fourth-order valence-electron chi connectivity index (χ4n) is 2.12. The number of carbonyl (C=O) groups is 1. The fourth-order valence-corrected chi connectivity index (χ4v) is 2.12. The number of allylic oxidation sites excluding steroid dienone is 1. The van der Waals surface area contributed by atoms with Gasteiger partial charge in [-0.2, -0.15) is 0 Å². The van der Waals surface area contributed by atoms with Gasteiger partial charge >= 0.3 is 5.97 Å². The van der Waals surface area contributed by atoms with Gasteiger partial charge < -0.3 is 20.1 Å². The highest BCUT2D eigenvalue weighted by Gasteiger charge is 2.14. The SMILES string of the molecule is C/C=C/C(=O)O.CC(C)Oc1ccccc1N1CCNCC1. The van der Waals surface area contributed by atoms with Crippen LogP contribution in [0, 0.1) is 0 Å². The van der Waals surface area contributed by atoms with Crippen LogP contribution in [0.3, 0.4) is 0 Å². The zero-order valence-electron chi connectivity index (χ0n) is 13.6. The number of carboxylic acid groups (broad SMARTS) is 1. The summed E-state index contributed by atoms with van der Waals surface area (Å²) in [7, 11) is 0. The number of rotatable bonds is 4. The number of nitrogens with one attached hydrogen (secondary N) is 1. The van der Waals surface area contributed by atoms with Crippen molar-refractivity contribution in [1.29, 1.82) is 0 Å². The van der Waals surface area contributed by atoms with E-state index in [4.69, 9.17) is 9.84 Å². The molecule has 1 heterocycles. The summed E-state index contributed by atoms with van der Waals surface area (Å²) >= 11 is 0. The summed E-state index contributed by atoms with van der Waals surface area (Å²) in [6, 6.07) is 8.30. The van der Waals surface area contributed by atoms with Crippen LogP contribution in [0.1, 0.15) is 20.8 Å². The number of piperazine rings is 1. The van der Waals surface area contributed by atoms with Crippen molar-refractivity contribution in [3.8, 4) is 5.75 Å². The van der Waals surface area contributed by atoms with Gasteiger partial charge in [-0.3, -0.25) is 0 Å². The van der Waals surface area contributed by atoms with Gasteiger partial charge in [0.2, 0.25) is 0 Å². The molecule has 0 aliphatic carbocycles. The number of hydrogen-bond donors (Lipinski definition) is 2. The monoisotopic (exact) mass is 306 g/mol. The molecular formula is C17H26N2O3. The van der Waals surface area contributed by atoms with Crippen molar-refractivity contribution in [3.63, 3.8) is 0 Å². The van der Waals surface area contributed by atoms with Gasteiger partial charge in [-0.05, 0) is 32.9 Å². The number of aliphatic carboxylic acids is 1. The molecule has 1 aliphatic rings. The number of nitrogens with zero attached hydrogens (tertiary/aromatic N) is 1. The van der Waals surface area contributed by atoms with Gasteiger partial charge in [0.1, 0.15) is 5.75 Å². The first-order chi connectivity index (χ1) is 10.5. The number of benzene rings is 1. The maximum Gasteiger partial charge on any atom is 0.327 e. The number of carboxylic acids is 1. The van der Waals surface area contributed by atoms with E-state index in [0.717, 1.165) is 38.0 Å². The minimum absolute atomic E-state index is 0.226. The average Bonchev–Trinajstić information content (AvgIpc) is 2.48. The van der Waals surface area contributed by atoms with E-state index < -0.39 is 5.97 Å². The highest BCUT2D eigenvalue weighted by Crippen LogP contribution is 2.28. The third-order valence-corrected chi connectivity index (χ3v) is 2.99. The molecule has 1 saturated heterocycles. The minimum Gasteiger partial charge on any atom is -0.489 e. The third-order valence-electron chi connectivity index (χ3n) is 2.99. The third kappa shape index (κ3) is 6.63. The van der Waals surface area contributed by atoms with Gasteiger partial charge in [-0.15, -0.1) is 0 Å². The summed E-state index contributed by atoms with van der Waals surface area (Å²) in [6.07, 6.45) is 2.78. The maximum absolute atomic E-state index is 9.51. The van der Waals surface area contributed by atoms with E-state index in [1.54, 1.807) is 6.92 Å². The van der Waals surface area contributed by atoms with Crippen LogP contribution in [-0.4, -0.2) is 43.4 Å². The van der Waals surface area contributed by atoms with Crippen LogP contribution >= 0.6 is 0 Å². The first-order valence-corrected chi connectivity index (χ1v) is 7.61. The fraction of sp³-hybridized carbons (Fsp3) is 0.471. The summed E-state index contributed by atoms with van der Waals surface area (Å²) in [5.74, 6) is 0.108. The van der Waals surface area contributed by atoms with E-state index in [2.05, 4.69) is 42.3 Å². The molecule has 1 fully saturated rings. The van der Waals surface area contributed by atoms with Gasteiger partial charge in [0, 0.05) is 32.3 Å². The molecule has 1 aliphatic heterocycles. The number of anilines is 1. The van der Waals surface area contributed by atoms with Crippen LogP contribution in [-0.2, 0) is 4.79 Å². The van der Waals surface area contributed by atoms with Crippen LogP contribution < -0.4 is 15.0 Å². The summed E-state index contributed by atoms with van der Waals surface area (Å²) in [4.78, 5) is 11.9. The molecule has 0 aromatic heterocycles. The van der Waals surface area contributed by atoms with E-state index in [0.29, 0.717) is 0 Å². The normalized spacial score (nSPS) is 14.6. The lowest BCUT2D eigenvalue weighted by Gasteiger charge is -2.31. The molecule has 2 rings (SSSR count). The van der Waals surface area contributed by atoms with Crippen molar-refractivity contribution in [3.05, 3.63) is 36.4 Å². The smallest absolute Gasteiger partial charge is 0.327 e. The molecule has 0 unspecified atom stereocenters. The first-order valence-electron chi connectivity index (χ1n) is 7.61. The zero-order chi connectivity index (χ0) is 16.4. The molecule has 22 heavy (non-hydrogen) atoms. The summed E-state index contributed by atoms with van der Waals surface area (Å²) in [5.41, 5.74) is 1.22. The zero-order valence-corrected chi connectivity index (χ0v) is 13.6. The lowest BCUT2D eigenvalue weighted by Crippen LogP contribution is -2.43. The molecule has 0 amide bonds. The van der Waals surface area contributed by atoms with E-state index >= 15 is 0 Å². The van der Waals surface area contributed by atoms with E-state index in [9.17, 15) is 4.79 Å². The Balaban J connectivity index is 0.000000346. The van der Waals surface area contributed by atoms with Crippen LogP contribution in [0.15, 0.2) is 36.4 Å². The van der Waals surface area contributed by atoms with Gasteiger partial charge in [0.05, 0.1) is 11.8 Å². The Hall–Kier alpha value is -2.01. The van der Waals surface area contributed by atoms with Crippen molar-refractivity contribution >= 4 is 11.7 Å². The number of hydrogen-bond acceptors (Lipinski definition) is 4. The van der Waals surface area contributed by atoms with Crippen molar-refractivity contribution in [2.45, 2.75) is 26.9 Å². The molecule has 1 aromatic carbocycles. The molecule has 2 N–H and O–H groups in total. The first kappa shape index (κ1) is 18.0. The Kier molecular flexibility index (Phi) is 8.07. The molecule has 0 bridgehead atoms. The van der Waals surface area contributed by atoms with E-state index in [1.807, 2.05) is 6.07 Å². The molecule has 0 saturated carbocycles. The van der Waals surface area contributed by atoms with Crippen LogP contribution in [0.2, 0.25) is 0 Å². The van der Waals surface area contributed by atoms with Crippen molar-refractivity contribution in [2.24, 2.45) is 0 Å². The molecular weight excluding hydrogens is 280 g/mol. The van der Waals surface area contributed by atoms with Crippen LogP contribution in [0.4, 0.5) is 5.69 Å². The molecule has 0 radical (unpaired) electrons. The van der Waals surface area contributed by atoms with Crippen molar-refractivity contribution in [2.75, 3.05) is 31.1 Å². The topological polar surface area (TPSA) is 61.8 Å². The second-order valence-electron chi connectivity index (χ2n) is 5.21. The van der Waals surface area contributed by atoms with E-state index in [1.165, 1.54) is 11.8 Å². The minimum atomic E-state index is -0.891. The average molecular weight is 306 g/mol. The largest absolute Gasteiger partial charge is 0.489 e. The Bertz CT molecular complexity index is 481. The van der Waals surface area contributed by atoms with Gasteiger partial charge in [-0.1, -0.05) is 18.2 Å². The van der Waals surface area contributed by atoms with Gasteiger partial charge in [-0.25, -0.2) is 4.79 Å². The van der Waals surface area contributed by atoms with E-state index in [-0.39, 0.29) is 6.10 Å². The summed E-state index contributed by atoms with van der Waals surface area (Å²) in [5, 5.41) is 11.2. The second-order valence-corrected chi connectivity index (χ2v) is 5.21. The molecule has 1 aromatic rings. The quantitative estimate of drug-likeness (QED) is 0.837. The van der Waals surface area contributed by atoms with Crippen LogP contribution in [0.5, 0.6) is 5.75 Å². The molecule has 0 atom stereocenters. The van der Waals surface area contributed by atoms with Crippen molar-refractivity contribution in [1.82, 2.24) is 5.32 Å². The Morgan fingerprint density at radius 2 is 1.95 bits per heavy atom. The number of ether oxygens (including phenoxy) is 1. The molecule has 5 heteroatoms. The summed E-state index contributed by atoms with van der Waals surface area (Å²) < 4.78 is 5.84. The highest BCUT2D eigenvalue weighted by atomic mass is 16.5. The molecule has 122 valence electrons. The summed E-state index contributed by atoms with van der Waals surface area (Å²) in [6.45, 7) is 10.0. The Morgan fingerprint density at radius 1 is 1.32 bits per heavy atom. The maximum atomic E-state index is 9.51. The number of para-hydroxylation sites is 2. The van der Waals surface area contributed by atoms with Gasteiger partial charge in [0.25, 0.3) is 0 Å². The lowest BCUT2D eigenvalue weighted by atomic mass is 10.2. The second kappa shape index (κ2) is 9.84. The predicted octanol–water partition coefficient (Wildman–Crippen LogP) is 2.53. The molecule has 0 spiro atoms. The lowest BCUT2D eigenvalue weighted by molar-refractivity contribution is -0.131. The van der Waals surface area contributed by atoms with Crippen LogP contribution in [0.25, 0.3) is 0 Å². The molecule has 5 nitrogen and oxygen atoms in total. The standard InChI is InChI=1S/C13H20N2O.C4H6O2/c1-11(2)16-13-6-4-3-5-12(13)15-9-7-14-8-10-15;1-2-3-4(5)6/h3-6,11,14H,7-10H2,1-2H3;2-3H,1H3,(H,5,6)/b;3-2+. The Labute approximate surface area is 132 Å². The Morgan fingerprint density at radius 3 is 2.45 bits per heavy atom. The van der Waals surface area contributed by atoms with Crippen molar-refractivity contribution < 1.29 is 14.6 Å².